The van der Waals surface area contributed by atoms with E-state index in [1.54, 1.807) is 0 Å². The van der Waals surface area contributed by atoms with Gasteiger partial charge in [0.25, 0.3) is 0 Å². The summed E-state index contributed by atoms with van der Waals surface area (Å²) in [5.41, 5.74) is 8.41. The van der Waals surface area contributed by atoms with Crippen molar-refractivity contribution in [1.82, 2.24) is 14.5 Å². The number of para-hydroxylation sites is 4. The minimum Gasteiger partial charge on any atom is -0.456 e. The lowest BCUT2D eigenvalue weighted by Gasteiger charge is -2.12. The number of hydrogen-bond acceptors (Lipinski definition) is 5. The van der Waals surface area contributed by atoms with Crippen LogP contribution in [0.15, 0.2) is 153 Å². The summed E-state index contributed by atoms with van der Waals surface area (Å²) in [7, 11) is 0. The van der Waals surface area contributed by atoms with Crippen molar-refractivity contribution in [2.45, 2.75) is 0 Å². The fourth-order valence-electron chi connectivity index (χ4n) is 8.19. The van der Waals surface area contributed by atoms with E-state index in [2.05, 4.69) is 83.4 Å². The van der Waals surface area contributed by atoms with Crippen molar-refractivity contribution in [3.8, 4) is 17.2 Å². The van der Waals surface area contributed by atoms with Crippen LogP contribution >= 0.6 is 0 Å². The van der Waals surface area contributed by atoms with Crippen molar-refractivity contribution in [3.63, 3.8) is 0 Å². The Bertz CT molecular complexity index is 3380. The van der Waals surface area contributed by atoms with Gasteiger partial charge in [-0.3, -0.25) is 4.57 Å². The number of benzene rings is 7. The van der Waals surface area contributed by atoms with Crippen LogP contribution in [0.1, 0.15) is 0 Å². The van der Waals surface area contributed by atoms with E-state index in [4.69, 9.17) is 23.2 Å². The maximum Gasteiger partial charge on any atom is 0.238 e. The van der Waals surface area contributed by atoms with Crippen LogP contribution in [0.25, 0.3) is 116 Å². The predicted molar refractivity (Wildman–Crippen MR) is 201 cm³/mol. The molecule has 232 valence electrons. The number of aromatic nitrogens is 3. The van der Waals surface area contributed by atoms with Crippen LogP contribution in [0.5, 0.6) is 0 Å². The Hall–Kier alpha value is -6.92. The largest absolute Gasteiger partial charge is 0.456 e. The lowest BCUT2D eigenvalue weighted by atomic mass is 9.96. The highest BCUT2D eigenvalue weighted by molar-refractivity contribution is 6.40. The Kier molecular flexibility index (Phi) is 4.89. The second kappa shape index (κ2) is 9.36. The van der Waals surface area contributed by atoms with Crippen molar-refractivity contribution < 1.29 is 13.3 Å². The molecule has 0 spiro atoms. The van der Waals surface area contributed by atoms with Gasteiger partial charge in [-0.1, -0.05) is 103 Å². The maximum atomic E-state index is 6.87. The molecule has 0 atom stereocenters. The standard InChI is InChI=1S/C44H23N3O3/c1-2-12-24(13-3-1)40-38-28-17-7-11-21-33(28)50-43(38)46-44(45-40)47-30-18-8-4-14-25(30)39-41(47)29-22-23-34-35(26-15-5-9-19-31(26)48-34)36(29)37-27-16-6-10-20-32(27)49-42(37)39/h1-23H. The van der Waals surface area contributed by atoms with Gasteiger partial charge in [-0.2, -0.15) is 4.98 Å². The molecule has 6 heteroatoms. The molecule has 0 unspecified atom stereocenters. The SMILES string of the molecule is c1ccc(-c2nc(-n3c4ccccc4c4c5oc6ccccc6c5c5c(ccc6oc7ccccc7c65)c43)nc3oc4ccccc4c23)cc1. The van der Waals surface area contributed by atoms with Gasteiger partial charge in [-0.25, -0.2) is 4.98 Å². The lowest BCUT2D eigenvalue weighted by Crippen LogP contribution is -2.03. The number of fused-ring (bicyclic) bond motifs is 17. The highest BCUT2D eigenvalue weighted by Gasteiger charge is 2.27. The summed E-state index contributed by atoms with van der Waals surface area (Å²) < 4.78 is 22.0. The van der Waals surface area contributed by atoms with Crippen LogP contribution in [0.3, 0.4) is 0 Å². The van der Waals surface area contributed by atoms with E-state index in [0.717, 1.165) is 104 Å². The summed E-state index contributed by atoms with van der Waals surface area (Å²) in [6.07, 6.45) is 0. The zero-order valence-electron chi connectivity index (χ0n) is 26.3. The van der Waals surface area contributed by atoms with Gasteiger partial charge in [0.2, 0.25) is 11.7 Å². The average Bonchev–Trinajstić information content (AvgIpc) is 3.93. The van der Waals surface area contributed by atoms with Gasteiger partial charge in [0, 0.05) is 48.7 Å². The van der Waals surface area contributed by atoms with Gasteiger partial charge in [-0.15, -0.1) is 0 Å². The molecule has 6 nitrogen and oxygen atoms in total. The third-order valence-electron chi connectivity index (χ3n) is 10.2. The Morgan fingerprint density at radius 1 is 0.400 bits per heavy atom. The molecule has 0 aliphatic rings. The molecule has 50 heavy (non-hydrogen) atoms. The van der Waals surface area contributed by atoms with E-state index in [9.17, 15) is 0 Å². The van der Waals surface area contributed by atoms with E-state index in [1.807, 2.05) is 60.7 Å². The van der Waals surface area contributed by atoms with Crippen molar-refractivity contribution in [3.05, 3.63) is 140 Å². The van der Waals surface area contributed by atoms with Gasteiger partial charge >= 0.3 is 0 Å². The summed E-state index contributed by atoms with van der Waals surface area (Å²) in [6, 6.07) is 47.6. The number of nitrogens with zero attached hydrogens (tertiary/aromatic N) is 3. The molecule has 5 heterocycles. The normalized spacial score (nSPS) is 12.4. The smallest absolute Gasteiger partial charge is 0.238 e. The van der Waals surface area contributed by atoms with Crippen LogP contribution in [0.4, 0.5) is 0 Å². The van der Waals surface area contributed by atoms with E-state index >= 15 is 0 Å². The summed E-state index contributed by atoms with van der Waals surface area (Å²) in [5, 5.41) is 10.4. The van der Waals surface area contributed by atoms with Crippen molar-refractivity contribution in [2.24, 2.45) is 0 Å². The van der Waals surface area contributed by atoms with Crippen LogP contribution in [-0.2, 0) is 0 Å². The average molecular weight is 642 g/mol. The van der Waals surface area contributed by atoms with E-state index < -0.39 is 0 Å². The topological polar surface area (TPSA) is 70.1 Å². The summed E-state index contributed by atoms with van der Waals surface area (Å²) in [6.45, 7) is 0. The maximum absolute atomic E-state index is 6.87. The van der Waals surface area contributed by atoms with E-state index in [-0.39, 0.29) is 0 Å². The van der Waals surface area contributed by atoms with Crippen molar-refractivity contribution >= 4 is 98.5 Å². The van der Waals surface area contributed by atoms with E-state index in [0.29, 0.717) is 11.7 Å². The van der Waals surface area contributed by atoms with Gasteiger partial charge in [0.05, 0.1) is 27.5 Å². The molecule has 12 aromatic rings. The molecule has 0 amide bonds. The van der Waals surface area contributed by atoms with Gasteiger partial charge in [0.15, 0.2) is 0 Å². The summed E-state index contributed by atoms with van der Waals surface area (Å²) >= 11 is 0. The summed E-state index contributed by atoms with van der Waals surface area (Å²) in [4.78, 5) is 10.6. The molecule has 0 aliphatic carbocycles. The zero-order chi connectivity index (χ0) is 32.5. The molecular formula is C44H23N3O3. The van der Waals surface area contributed by atoms with Crippen LogP contribution < -0.4 is 0 Å². The highest BCUT2D eigenvalue weighted by atomic mass is 16.3. The van der Waals surface area contributed by atoms with Crippen LogP contribution in [0.2, 0.25) is 0 Å². The minimum absolute atomic E-state index is 0.524. The van der Waals surface area contributed by atoms with E-state index in [1.165, 1.54) is 0 Å². The van der Waals surface area contributed by atoms with Gasteiger partial charge in [0.1, 0.15) is 27.9 Å². The highest BCUT2D eigenvalue weighted by Crippen LogP contribution is 2.49. The van der Waals surface area contributed by atoms with Gasteiger partial charge < -0.3 is 13.3 Å². The fraction of sp³-hybridized carbons (Fsp3) is 0. The second-order valence-corrected chi connectivity index (χ2v) is 12.9. The lowest BCUT2D eigenvalue weighted by molar-refractivity contribution is 0.651. The predicted octanol–water partition coefficient (Wildman–Crippen LogP) is 12.1. The van der Waals surface area contributed by atoms with Crippen molar-refractivity contribution in [2.75, 3.05) is 0 Å². The molecule has 0 saturated carbocycles. The molecule has 0 fully saturated rings. The van der Waals surface area contributed by atoms with Gasteiger partial charge in [-0.05, 0) is 36.4 Å². The molecule has 12 rings (SSSR count). The Morgan fingerprint density at radius 2 is 1.02 bits per heavy atom. The third-order valence-corrected chi connectivity index (χ3v) is 10.2. The first-order valence-electron chi connectivity index (χ1n) is 16.7. The first kappa shape index (κ1) is 26.1. The molecule has 0 bridgehead atoms. The quantitative estimate of drug-likeness (QED) is 0.188. The first-order chi connectivity index (χ1) is 24.8. The molecule has 0 radical (unpaired) electrons. The van der Waals surface area contributed by atoms with Crippen LogP contribution in [-0.4, -0.2) is 14.5 Å². The first-order valence-corrected chi connectivity index (χ1v) is 16.7. The molecular weight excluding hydrogens is 619 g/mol. The number of hydrogen-bond donors (Lipinski definition) is 0. The Morgan fingerprint density at radius 3 is 1.80 bits per heavy atom. The molecule has 0 saturated heterocycles. The molecule has 5 aromatic heterocycles. The second-order valence-electron chi connectivity index (χ2n) is 12.9. The molecule has 0 aliphatic heterocycles. The fourth-order valence-corrected chi connectivity index (χ4v) is 8.19. The number of furan rings is 3. The number of rotatable bonds is 2. The Labute approximate surface area is 282 Å². The van der Waals surface area contributed by atoms with Crippen molar-refractivity contribution in [1.29, 1.82) is 0 Å². The molecule has 0 N–H and O–H groups in total. The molecule has 7 aromatic carbocycles. The monoisotopic (exact) mass is 641 g/mol. The zero-order valence-corrected chi connectivity index (χ0v) is 26.3. The Balaban J connectivity index is 1.35. The minimum atomic E-state index is 0.524. The van der Waals surface area contributed by atoms with Crippen LogP contribution in [0, 0.1) is 0 Å². The third kappa shape index (κ3) is 3.27. The summed E-state index contributed by atoms with van der Waals surface area (Å²) in [5.74, 6) is 0.524.